The SMILES string of the molecule is CCN(CC)CCCN1CC[C@@]2(O)CCCC[C@H]2C1. The van der Waals surface area contributed by atoms with E-state index in [-0.39, 0.29) is 5.60 Å². The Morgan fingerprint density at radius 2 is 2.00 bits per heavy atom. The van der Waals surface area contributed by atoms with Crippen LogP contribution < -0.4 is 0 Å². The van der Waals surface area contributed by atoms with Gasteiger partial charge in [0.2, 0.25) is 0 Å². The zero-order chi connectivity index (χ0) is 13.7. The molecule has 2 rings (SSSR count). The van der Waals surface area contributed by atoms with Crippen LogP contribution in [0.15, 0.2) is 0 Å². The lowest BCUT2D eigenvalue weighted by molar-refractivity contribution is -0.0954. The highest BCUT2D eigenvalue weighted by atomic mass is 16.3. The molecule has 2 atom stereocenters. The van der Waals surface area contributed by atoms with Crippen molar-refractivity contribution in [3.63, 3.8) is 0 Å². The number of aliphatic hydroxyl groups is 1. The summed E-state index contributed by atoms with van der Waals surface area (Å²) in [6.45, 7) is 11.5. The first-order valence-corrected chi connectivity index (χ1v) is 8.35. The molecule has 2 aliphatic rings. The standard InChI is InChI=1S/C16H32N2O/c1-3-17(4-2)11-7-12-18-13-10-16(19)9-6-5-8-15(16)14-18/h15,19H,3-14H2,1-2H3/t15-,16-/m0/s1. The summed E-state index contributed by atoms with van der Waals surface area (Å²) in [5, 5.41) is 10.7. The molecule has 1 N–H and O–H groups in total. The number of piperidine rings is 1. The summed E-state index contributed by atoms with van der Waals surface area (Å²) in [6.07, 6.45) is 7.11. The van der Waals surface area contributed by atoms with Crippen molar-refractivity contribution < 1.29 is 5.11 Å². The van der Waals surface area contributed by atoms with Crippen LogP contribution in [0.3, 0.4) is 0 Å². The minimum Gasteiger partial charge on any atom is -0.390 e. The van der Waals surface area contributed by atoms with Crippen molar-refractivity contribution in [1.82, 2.24) is 9.80 Å². The van der Waals surface area contributed by atoms with Gasteiger partial charge in [-0.3, -0.25) is 0 Å². The fourth-order valence-electron chi connectivity index (χ4n) is 3.90. The second-order valence-corrected chi connectivity index (χ2v) is 6.48. The third-order valence-corrected chi connectivity index (χ3v) is 5.35. The molecule has 0 bridgehead atoms. The van der Waals surface area contributed by atoms with Gasteiger partial charge in [-0.05, 0) is 51.9 Å². The Hall–Kier alpha value is -0.120. The molecule has 0 aromatic carbocycles. The summed E-state index contributed by atoms with van der Waals surface area (Å²) < 4.78 is 0. The molecule has 3 nitrogen and oxygen atoms in total. The molecule has 1 saturated heterocycles. The average Bonchev–Trinajstić information content (AvgIpc) is 2.43. The molecule has 1 aliphatic carbocycles. The fourth-order valence-corrected chi connectivity index (χ4v) is 3.90. The average molecular weight is 268 g/mol. The molecule has 2 fully saturated rings. The normalized spacial score (nSPS) is 32.5. The van der Waals surface area contributed by atoms with Crippen molar-refractivity contribution >= 4 is 0 Å². The lowest BCUT2D eigenvalue weighted by Gasteiger charge is -2.47. The number of rotatable bonds is 6. The molecule has 1 saturated carbocycles. The van der Waals surface area contributed by atoms with Gasteiger partial charge in [0.05, 0.1) is 5.60 Å². The Balaban J connectivity index is 1.72. The quantitative estimate of drug-likeness (QED) is 0.801. The molecule has 0 radical (unpaired) electrons. The Bertz CT molecular complexity index is 267. The molecule has 0 unspecified atom stereocenters. The van der Waals surface area contributed by atoms with E-state index in [9.17, 15) is 5.11 Å². The summed E-state index contributed by atoms with van der Waals surface area (Å²) in [7, 11) is 0. The van der Waals surface area contributed by atoms with E-state index in [0.29, 0.717) is 5.92 Å². The fraction of sp³-hybridized carbons (Fsp3) is 1.00. The van der Waals surface area contributed by atoms with E-state index in [1.807, 2.05) is 0 Å². The monoisotopic (exact) mass is 268 g/mol. The number of nitrogens with zero attached hydrogens (tertiary/aromatic N) is 2. The minimum absolute atomic E-state index is 0.312. The highest BCUT2D eigenvalue weighted by Crippen LogP contribution is 2.39. The van der Waals surface area contributed by atoms with Crippen molar-refractivity contribution in [3.05, 3.63) is 0 Å². The van der Waals surface area contributed by atoms with Gasteiger partial charge in [0.25, 0.3) is 0 Å². The van der Waals surface area contributed by atoms with Crippen molar-refractivity contribution in [2.75, 3.05) is 39.3 Å². The van der Waals surface area contributed by atoms with Crippen molar-refractivity contribution in [2.24, 2.45) is 5.92 Å². The van der Waals surface area contributed by atoms with Crippen LogP contribution in [-0.2, 0) is 0 Å². The van der Waals surface area contributed by atoms with Crippen LogP contribution in [0.25, 0.3) is 0 Å². The zero-order valence-electron chi connectivity index (χ0n) is 12.9. The molecule has 0 amide bonds. The summed E-state index contributed by atoms with van der Waals surface area (Å²) >= 11 is 0. The first-order valence-electron chi connectivity index (χ1n) is 8.35. The van der Waals surface area contributed by atoms with E-state index in [4.69, 9.17) is 0 Å². The topological polar surface area (TPSA) is 26.7 Å². The summed E-state index contributed by atoms with van der Waals surface area (Å²) in [5.74, 6) is 0.545. The van der Waals surface area contributed by atoms with Crippen LogP contribution in [0.2, 0.25) is 0 Å². The van der Waals surface area contributed by atoms with E-state index < -0.39 is 0 Å². The van der Waals surface area contributed by atoms with E-state index in [1.165, 1.54) is 51.9 Å². The van der Waals surface area contributed by atoms with Gasteiger partial charge in [-0.15, -0.1) is 0 Å². The van der Waals surface area contributed by atoms with E-state index in [0.717, 1.165) is 25.9 Å². The van der Waals surface area contributed by atoms with Crippen LogP contribution in [-0.4, -0.2) is 59.8 Å². The molecule has 1 aliphatic heterocycles. The number of hydrogen-bond acceptors (Lipinski definition) is 3. The molecule has 1 heterocycles. The third-order valence-electron chi connectivity index (χ3n) is 5.35. The Morgan fingerprint density at radius 1 is 1.21 bits per heavy atom. The predicted octanol–water partition coefficient (Wildman–Crippen LogP) is 2.35. The molecular formula is C16H32N2O. The van der Waals surface area contributed by atoms with Crippen molar-refractivity contribution in [1.29, 1.82) is 0 Å². The van der Waals surface area contributed by atoms with Gasteiger partial charge in [0, 0.05) is 19.0 Å². The van der Waals surface area contributed by atoms with Gasteiger partial charge in [0.1, 0.15) is 0 Å². The van der Waals surface area contributed by atoms with E-state index >= 15 is 0 Å². The van der Waals surface area contributed by atoms with Crippen molar-refractivity contribution in [2.45, 2.75) is 58.0 Å². The molecular weight excluding hydrogens is 236 g/mol. The molecule has 112 valence electrons. The van der Waals surface area contributed by atoms with E-state index in [2.05, 4.69) is 23.6 Å². The molecule has 0 aromatic rings. The van der Waals surface area contributed by atoms with Crippen LogP contribution >= 0.6 is 0 Å². The minimum atomic E-state index is -0.312. The first kappa shape index (κ1) is 15.3. The number of hydrogen-bond donors (Lipinski definition) is 1. The lowest BCUT2D eigenvalue weighted by Crippen LogP contribution is -2.53. The zero-order valence-corrected chi connectivity index (χ0v) is 12.9. The second kappa shape index (κ2) is 7.05. The molecule has 0 spiro atoms. The maximum atomic E-state index is 10.7. The van der Waals surface area contributed by atoms with Crippen LogP contribution in [0.4, 0.5) is 0 Å². The van der Waals surface area contributed by atoms with Crippen LogP contribution in [0.1, 0.15) is 52.4 Å². The number of fused-ring (bicyclic) bond motifs is 1. The van der Waals surface area contributed by atoms with Crippen LogP contribution in [0.5, 0.6) is 0 Å². The van der Waals surface area contributed by atoms with Gasteiger partial charge < -0.3 is 14.9 Å². The molecule has 3 heteroatoms. The largest absolute Gasteiger partial charge is 0.390 e. The Morgan fingerprint density at radius 3 is 2.74 bits per heavy atom. The third kappa shape index (κ3) is 3.93. The summed E-state index contributed by atoms with van der Waals surface area (Å²) in [4.78, 5) is 5.09. The van der Waals surface area contributed by atoms with Crippen LogP contribution in [0, 0.1) is 5.92 Å². The van der Waals surface area contributed by atoms with Gasteiger partial charge in [-0.25, -0.2) is 0 Å². The maximum Gasteiger partial charge on any atom is 0.0700 e. The number of likely N-dealkylation sites (tertiary alicyclic amines) is 1. The molecule has 0 aromatic heterocycles. The second-order valence-electron chi connectivity index (χ2n) is 6.48. The van der Waals surface area contributed by atoms with Gasteiger partial charge in [-0.2, -0.15) is 0 Å². The Kier molecular flexibility index (Phi) is 5.67. The Labute approximate surface area is 119 Å². The smallest absolute Gasteiger partial charge is 0.0700 e. The lowest BCUT2D eigenvalue weighted by atomic mass is 9.71. The maximum absolute atomic E-state index is 10.7. The highest BCUT2D eigenvalue weighted by Gasteiger charge is 2.42. The van der Waals surface area contributed by atoms with Gasteiger partial charge in [0.15, 0.2) is 0 Å². The van der Waals surface area contributed by atoms with E-state index in [1.54, 1.807) is 0 Å². The van der Waals surface area contributed by atoms with Gasteiger partial charge >= 0.3 is 0 Å². The van der Waals surface area contributed by atoms with Gasteiger partial charge in [-0.1, -0.05) is 26.7 Å². The highest BCUT2D eigenvalue weighted by molar-refractivity contribution is 4.95. The molecule has 19 heavy (non-hydrogen) atoms. The van der Waals surface area contributed by atoms with Crippen molar-refractivity contribution in [3.8, 4) is 0 Å². The predicted molar refractivity (Wildman–Crippen MR) is 80.4 cm³/mol. The summed E-state index contributed by atoms with van der Waals surface area (Å²) in [6, 6.07) is 0. The summed E-state index contributed by atoms with van der Waals surface area (Å²) in [5.41, 5.74) is -0.312. The first-order chi connectivity index (χ1) is 9.18.